The third-order valence-electron chi connectivity index (χ3n) is 6.78. The summed E-state index contributed by atoms with van der Waals surface area (Å²) >= 11 is 0. The van der Waals surface area contributed by atoms with Gasteiger partial charge < -0.3 is 14.5 Å². The van der Waals surface area contributed by atoms with Gasteiger partial charge in [0, 0.05) is 18.4 Å². The van der Waals surface area contributed by atoms with Crippen LogP contribution in [0.1, 0.15) is 48.6 Å². The molecule has 3 heterocycles. The van der Waals surface area contributed by atoms with E-state index < -0.39 is 11.9 Å². The lowest BCUT2D eigenvalue weighted by molar-refractivity contribution is -0.127. The molecule has 39 heavy (non-hydrogen) atoms. The molecule has 1 aliphatic rings. The van der Waals surface area contributed by atoms with Crippen LogP contribution in [0.2, 0.25) is 0 Å². The number of aromatic nitrogens is 5. The predicted octanol–water partition coefficient (Wildman–Crippen LogP) is 3.79. The Balaban J connectivity index is 1.55. The largest absolute Gasteiger partial charge is 0.495 e. The van der Waals surface area contributed by atoms with Gasteiger partial charge in [-0.1, -0.05) is 18.9 Å². The number of carbonyl (C=O) groups excluding carboxylic acids is 2. The van der Waals surface area contributed by atoms with Crippen molar-refractivity contribution >= 4 is 17.5 Å². The lowest BCUT2D eigenvalue weighted by atomic mass is 10.0. The van der Waals surface area contributed by atoms with Gasteiger partial charge in [0.15, 0.2) is 5.76 Å². The molecule has 202 valence electrons. The molecule has 1 aromatic carbocycles. The number of amides is 2. The summed E-state index contributed by atoms with van der Waals surface area (Å²) in [6.45, 7) is 3.48. The van der Waals surface area contributed by atoms with E-state index >= 15 is 0 Å². The SMILES string of the molecule is COc1ccc(C)cc1N(C(=O)Cn1nnc(-c2ccc(C)o2)n1)[C@@H](C(=O)NC1CCCC1)c1ccncc1. The van der Waals surface area contributed by atoms with Crippen LogP contribution in [-0.4, -0.2) is 50.2 Å². The molecule has 0 saturated heterocycles. The highest BCUT2D eigenvalue weighted by Gasteiger charge is 2.36. The number of rotatable bonds is 9. The molecular formula is C28H31N7O4. The van der Waals surface area contributed by atoms with Crippen molar-refractivity contribution in [3.8, 4) is 17.3 Å². The molecule has 1 atom stereocenters. The van der Waals surface area contributed by atoms with Crippen LogP contribution in [0.15, 0.2) is 59.3 Å². The number of hydrogen-bond donors (Lipinski definition) is 1. The average molecular weight is 530 g/mol. The van der Waals surface area contributed by atoms with Crippen LogP contribution in [0.3, 0.4) is 0 Å². The number of benzene rings is 1. The summed E-state index contributed by atoms with van der Waals surface area (Å²) in [4.78, 5) is 34.8. The van der Waals surface area contributed by atoms with Crippen molar-refractivity contribution in [2.75, 3.05) is 12.0 Å². The van der Waals surface area contributed by atoms with Crippen LogP contribution in [0.25, 0.3) is 11.6 Å². The van der Waals surface area contributed by atoms with Crippen molar-refractivity contribution in [3.05, 3.63) is 71.7 Å². The second kappa shape index (κ2) is 11.5. The molecule has 0 bridgehead atoms. The normalized spacial score (nSPS) is 14.2. The third kappa shape index (κ3) is 5.82. The molecule has 0 unspecified atom stereocenters. The fourth-order valence-electron chi connectivity index (χ4n) is 4.88. The van der Waals surface area contributed by atoms with Crippen LogP contribution < -0.4 is 15.0 Å². The summed E-state index contributed by atoms with van der Waals surface area (Å²) in [5.74, 6) is 1.20. The molecule has 11 heteroatoms. The fourth-order valence-corrected chi connectivity index (χ4v) is 4.88. The zero-order chi connectivity index (χ0) is 27.4. The topological polar surface area (TPSA) is 128 Å². The van der Waals surface area contributed by atoms with E-state index in [1.807, 2.05) is 26.0 Å². The lowest BCUT2D eigenvalue weighted by Crippen LogP contribution is -2.47. The average Bonchev–Trinajstić information content (AvgIpc) is 3.70. The minimum Gasteiger partial charge on any atom is -0.495 e. The summed E-state index contributed by atoms with van der Waals surface area (Å²) in [6.07, 6.45) is 7.17. The molecule has 0 aliphatic heterocycles. The monoisotopic (exact) mass is 529 g/mol. The molecule has 1 aliphatic carbocycles. The maximum Gasteiger partial charge on any atom is 0.251 e. The Morgan fingerprint density at radius 3 is 2.59 bits per heavy atom. The second-order valence-electron chi connectivity index (χ2n) is 9.67. The molecular weight excluding hydrogens is 498 g/mol. The van der Waals surface area contributed by atoms with E-state index in [0.29, 0.717) is 28.5 Å². The van der Waals surface area contributed by atoms with Gasteiger partial charge in [-0.2, -0.15) is 4.80 Å². The van der Waals surface area contributed by atoms with Gasteiger partial charge in [0.25, 0.3) is 5.91 Å². The Morgan fingerprint density at radius 2 is 1.90 bits per heavy atom. The van der Waals surface area contributed by atoms with Crippen molar-refractivity contribution in [2.45, 2.75) is 58.2 Å². The van der Waals surface area contributed by atoms with Crippen LogP contribution >= 0.6 is 0 Å². The van der Waals surface area contributed by atoms with Crippen molar-refractivity contribution in [2.24, 2.45) is 0 Å². The fraction of sp³-hybridized carbons (Fsp3) is 0.357. The maximum absolute atomic E-state index is 14.1. The van der Waals surface area contributed by atoms with Crippen molar-refractivity contribution in [3.63, 3.8) is 0 Å². The summed E-state index contributed by atoms with van der Waals surface area (Å²) in [7, 11) is 1.54. The van der Waals surface area contributed by atoms with Gasteiger partial charge in [0.2, 0.25) is 11.7 Å². The van der Waals surface area contributed by atoms with E-state index in [2.05, 4.69) is 25.7 Å². The summed E-state index contributed by atoms with van der Waals surface area (Å²) < 4.78 is 11.2. The Kier molecular flexibility index (Phi) is 7.67. The van der Waals surface area contributed by atoms with E-state index in [0.717, 1.165) is 31.2 Å². The number of nitrogens with one attached hydrogen (secondary N) is 1. The van der Waals surface area contributed by atoms with Crippen LogP contribution in [0.5, 0.6) is 5.75 Å². The first-order valence-electron chi connectivity index (χ1n) is 12.9. The highest BCUT2D eigenvalue weighted by atomic mass is 16.5. The molecule has 1 N–H and O–H groups in total. The van der Waals surface area contributed by atoms with E-state index in [-0.39, 0.29) is 24.3 Å². The molecule has 11 nitrogen and oxygen atoms in total. The van der Waals surface area contributed by atoms with Crippen molar-refractivity contribution in [1.29, 1.82) is 0 Å². The van der Waals surface area contributed by atoms with Crippen molar-refractivity contribution < 1.29 is 18.7 Å². The lowest BCUT2D eigenvalue weighted by Gasteiger charge is -2.33. The second-order valence-corrected chi connectivity index (χ2v) is 9.67. The standard InChI is InChI=1S/C28H31N7O4/c1-18-8-10-23(38-3)22(16-18)35(25(36)17-34-32-27(31-33-34)24-11-9-19(2)39-24)26(20-12-14-29-15-13-20)28(37)30-21-6-4-5-7-21/h8-16,21,26H,4-7,17H2,1-3H3,(H,30,37)/t26-/m1/s1. The number of methoxy groups -OCH3 is 1. The van der Waals surface area contributed by atoms with Gasteiger partial charge >= 0.3 is 0 Å². The van der Waals surface area contributed by atoms with Crippen LogP contribution in [-0.2, 0) is 16.1 Å². The van der Waals surface area contributed by atoms with E-state index in [1.54, 1.807) is 42.7 Å². The Labute approximate surface area is 226 Å². The molecule has 0 radical (unpaired) electrons. The number of ether oxygens (including phenoxy) is 1. The first-order chi connectivity index (χ1) is 18.9. The number of nitrogens with zero attached hydrogens (tertiary/aromatic N) is 6. The van der Waals surface area contributed by atoms with E-state index in [1.165, 1.54) is 16.8 Å². The minimum atomic E-state index is -0.979. The van der Waals surface area contributed by atoms with Gasteiger partial charge in [-0.15, -0.1) is 10.2 Å². The number of anilines is 1. The Bertz CT molecular complexity index is 1440. The number of tetrazole rings is 1. The summed E-state index contributed by atoms with van der Waals surface area (Å²) in [5.41, 5.74) is 1.99. The predicted molar refractivity (Wildman–Crippen MR) is 143 cm³/mol. The Morgan fingerprint density at radius 1 is 1.13 bits per heavy atom. The number of carbonyl (C=O) groups is 2. The van der Waals surface area contributed by atoms with E-state index in [9.17, 15) is 9.59 Å². The quantitative estimate of drug-likeness (QED) is 0.347. The van der Waals surface area contributed by atoms with Gasteiger partial charge in [0.05, 0.1) is 12.8 Å². The van der Waals surface area contributed by atoms with Gasteiger partial charge in [0.1, 0.15) is 24.1 Å². The Hall–Kier alpha value is -4.54. The summed E-state index contributed by atoms with van der Waals surface area (Å²) in [5, 5.41) is 15.6. The van der Waals surface area contributed by atoms with Gasteiger partial charge in [-0.05, 0) is 79.4 Å². The number of aryl methyl sites for hydroxylation is 2. The molecule has 5 rings (SSSR count). The highest BCUT2D eigenvalue weighted by molar-refractivity contribution is 6.02. The summed E-state index contributed by atoms with van der Waals surface area (Å²) in [6, 6.07) is 11.6. The van der Waals surface area contributed by atoms with Crippen molar-refractivity contribution in [1.82, 2.24) is 30.5 Å². The zero-order valence-corrected chi connectivity index (χ0v) is 22.2. The van der Waals surface area contributed by atoms with Gasteiger partial charge in [-0.25, -0.2) is 0 Å². The van der Waals surface area contributed by atoms with Gasteiger partial charge in [-0.3, -0.25) is 19.5 Å². The molecule has 1 saturated carbocycles. The molecule has 0 spiro atoms. The maximum atomic E-state index is 14.1. The first-order valence-corrected chi connectivity index (χ1v) is 12.9. The van der Waals surface area contributed by atoms with Crippen LogP contribution in [0.4, 0.5) is 5.69 Å². The zero-order valence-electron chi connectivity index (χ0n) is 22.2. The highest BCUT2D eigenvalue weighted by Crippen LogP contribution is 2.36. The molecule has 1 fully saturated rings. The molecule has 2 amide bonds. The number of hydrogen-bond acceptors (Lipinski definition) is 8. The smallest absolute Gasteiger partial charge is 0.251 e. The van der Waals surface area contributed by atoms with E-state index in [4.69, 9.17) is 9.15 Å². The molecule has 3 aromatic heterocycles. The van der Waals surface area contributed by atoms with Crippen LogP contribution in [0, 0.1) is 13.8 Å². The minimum absolute atomic E-state index is 0.0643. The number of pyridine rings is 1. The molecule has 4 aromatic rings. The third-order valence-corrected chi connectivity index (χ3v) is 6.78. The first kappa shape index (κ1) is 26.1. The number of furan rings is 1.